The van der Waals surface area contributed by atoms with Crippen molar-refractivity contribution in [2.45, 2.75) is 24.5 Å². The van der Waals surface area contributed by atoms with Gasteiger partial charge in [0.1, 0.15) is 24.1 Å². The van der Waals surface area contributed by atoms with Crippen LogP contribution in [0.2, 0.25) is 0 Å². The largest absolute Gasteiger partial charge is 0.394 e. The minimum absolute atomic E-state index is 0.112. The molecule has 0 aliphatic carbocycles. The van der Waals surface area contributed by atoms with E-state index in [4.69, 9.17) is 20.3 Å². The number of fused-ring (bicyclic) bond motifs is 1. The highest BCUT2D eigenvalue weighted by Crippen LogP contribution is 2.43. The molecule has 7 heteroatoms. The van der Waals surface area contributed by atoms with E-state index in [1.165, 1.54) is 16.8 Å². The third kappa shape index (κ3) is 1.33. The van der Waals surface area contributed by atoms with E-state index in [0.717, 1.165) is 0 Å². The predicted octanol–water partition coefficient (Wildman–Crippen LogP) is -1.52. The molecule has 0 amide bonds. The summed E-state index contributed by atoms with van der Waals surface area (Å²) >= 11 is 0. The fourth-order valence-electron chi connectivity index (χ4n) is 1.99. The average molecular weight is 225 g/mol. The fourth-order valence-corrected chi connectivity index (χ4v) is 1.99. The third-order valence-corrected chi connectivity index (χ3v) is 2.83. The van der Waals surface area contributed by atoms with Crippen molar-refractivity contribution < 1.29 is 14.6 Å². The molecule has 3 N–H and O–H groups in total. The van der Waals surface area contributed by atoms with Gasteiger partial charge in [0.25, 0.3) is 0 Å². The number of aliphatic hydroxyl groups excluding tert-OH is 1. The van der Waals surface area contributed by atoms with E-state index in [1.807, 2.05) is 0 Å². The van der Waals surface area contributed by atoms with E-state index in [2.05, 4.69) is 4.98 Å². The van der Waals surface area contributed by atoms with Gasteiger partial charge in [0.05, 0.1) is 6.61 Å². The number of hydrogen-bond donors (Lipinski definition) is 2. The Balaban J connectivity index is 1.91. The summed E-state index contributed by atoms with van der Waals surface area (Å²) < 4.78 is 12.1. The lowest BCUT2D eigenvalue weighted by Gasteiger charge is -2.17. The minimum atomic E-state index is -0.511. The molecule has 86 valence electrons. The lowest BCUT2D eigenvalue weighted by atomic mass is 10.2. The van der Waals surface area contributed by atoms with Crippen molar-refractivity contribution in [3.8, 4) is 0 Å². The standard InChI is InChI=1S/C9H11N3O4/c10-5-1-2-12(9(14)11-5)8-7-6(16-7)4(3-13)15-8/h1-2,4,6-8,13H,3H2,(H2,10,11,14)/t4-,6-,7?,8-/m1/s1. The van der Waals surface area contributed by atoms with Gasteiger partial charge < -0.3 is 20.3 Å². The number of epoxide rings is 1. The van der Waals surface area contributed by atoms with E-state index in [-0.39, 0.29) is 30.7 Å². The van der Waals surface area contributed by atoms with Gasteiger partial charge in [0.15, 0.2) is 6.23 Å². The number of ether oxygens (including phenoxy) is 2. The van der Waals surface area contributed by atoms with E-state index in [9.17, 15) is 4.79 Å². The summed E-state index contributed by atoms with van der Waals surface area (Å²) in [4.78, 5) is 15.2. The summed E-state index contributed by atoms with van der Waals surface area (Å²) in [6.07, 6.45) is 0.371. The number of nitrogen functional groups attached to an aromatic ring is 1. The van der Waals surface area contributed by atoms with Gasteiger partial charge in [0, 0.05) is 6.20 Å². The fraction of sp³-hybridized carbons (Fsp3) is 0.556. The molecule has 0 saturated carbocycles. The van der Waals surface area contributed by atoms with Crippen LogP contribution in [0.3, 0.4) is 0 Å². The smallest absolute Gasteiger partial charge is 0.351 e. The number of nitrogens with zero attached hydrogens (tertiary/aromatic N) is 2. The maximum absolute atomic E-state index is 11.6. The summed E-state index contributed by atoms with van der Waals surface area (Å²) in [5.41, 5.74) is 4.91. The lowest BCUT2D eigenvalue weighted by Crippen LogP contribution is -2.31. The number of aliphatic hydroxyl groups is 1. The van der Waals surface area contributed by atoms with Crippen LogP contribution in [0.1, 0.15) is 6.23 Å². The molecule has 0 aromatic carbocycles. The first kappa shape index (κ1) is 9.76. The molecule has 2 fully saturated rings. The Labute approximate surface area is 90.4 Å². The van der Waals surface area contributed by atoms with E-state index in [1.54, 1.807) is 0 Å². The van der Waals surface area contributed by atoms with Crippen LogP contribution in [-0.2, 0) is 9.47 Å². The second-order valence-electron chi connectivity index (χ2n) is 3.86. The van der Waals surface area contributed by atoms with Crippen LogP contribution in [0.15, 0.2) is 17.1 Å². The highest BCUT2D eigenvalue weighted by atomic mass is 16.7. The summed E-state index contributed by atoms with van der Waals surface area (Å²) in [7, 11) is 0. The van der Waals surface area contributed by atoms with Gasteiger partial charge in [-0.15, -0.1) is 0 Å². The van der Waals surface area contributed by atoms with Crippen molar-refractivity contribution in [2.24, 2.45) is 0 Å². The Kier molecular flexibility index (Phi) is 2.00. The average Bonchev–Trinajstić information content (AvgIpc) is 2.96. The normalized spacial score (nSPS) is 36.1. The molecule has 0 radical (unpaired) electrons. The van der Waals surface area contributed by atoms with Gasteiger partial charge >= 0.3 is 5.69 Å². The lowest BCUT2D eigenvalue weighted by molar-refractivity contribution is -0.0855. The number of hydrogen-bond acceptors (Lipinski definition) is 6. The topological polar surface area (TPSA) is 103 Å². The maximum Gasteiger partial charge on any atom is 0.351 e. The Morgan fingerprint density at radius 1 is 1.50 bits per heavy atom. The molecule has 16 heavy (non-hydrogen) atoms. The zero-order valence-corrected chi connectivity index (χ0v) is 8.31. The van der Waals surface area contributed by atoms with Crippen molar-refractivity contribution in [1.29, 1.82) is 0 Å². The van der Waals surface area contributed by atoms with Crippen molar-refractivity contribution in [2.75, 3.05) is 12.3 Å². The first-order chi connectivity index (χ1) is 7.70. The Hall–Kier alpha value is -1.44. The van der Waals surface area contributed by atoms with E-state index >= 15 is 0 Å². The monoisotopic (exact) mass is 225 g/mol. The first-order valence-corrected chi connectivity index (χ1v) is 4.97. The molecule has 2 saturated heterocycles. The molecular weight excluding hydrogens is 214 g/mol. The highest BCUT2D eigenvalue weighted by Gasteiger charge is 2.58. The molecule has 3 rings (SSSR count). The molecule has 4 atom stereocenters. The summed E-state index contributed by atoms with van der Waals surface area (Å²) in [6.45, 7) is -0.116. The quantitative estimate of drug-likeness (QED) is 0.593. The van der Waals surface area contributed by atoms with Crippen LogP contribution in [0.4, 0.5) is 5.82 Å². The zero-order valence-electron chi connectivity index (χ0n) is 8.31. The van der Waals surface area contributed by atoms with Gasteiger partial charge in [-0.05, 0) is 6.07 Å². The van der Waals surface area contributed by atoms with Crippen LogP contribution in [-0.4, -0.2) is 39.6 Å². The third-order valence-electron chi connectivity index (χ3n) is 2.83. The molecule has 7 nitrogen and oxygen atoms in total. The van der Waals surface area contributed by atoms with Crippen LogP contribution < -0.4 is 11.4 Å². The highest BCUT2D eigenvalue weighted by molar-refractivity contribution is 5.23. The van der Waals surface area contributed by atoms with Gasteiger partial charge in [-0.3, -0.25) is 4.57 Å². The first-order valence-electron chi connectivity index (χ1n) is 4.97. The molecule has 2 aliphatic rings. The van der Waals surface area contributed by atoms with Gasteiger partial charge in [0.2, 0.25) is 0 Å². The van der Waals surface area contributed by atoms with E-state index in [0.29, 0.717) is 0 Å². The zero-order chi connectivity index (χ0) is 11.3. The van der Waals surface area contributed by atoms with Crippen LogP contribution >= 0.6 is 0 Å². The van der Waals surface area contributed by atoms with Crippen LogP contribution in [0.5, 0.6) is 0 Å². The van der Waals surface area contributed by atoms with Gasteiger partial charge in [-0.25, -0.2) is 4.79 Å². The molecule has 1 unspecified atom stereocenters. The van der Waals surface area contributed by atoms with E-state index < -0.39 is 11.9 Å². The Bertz CT molecular complexity index is 474. The number of anilines is 1. The number of aromatic nitrogens is 2. The van der Waals surface area contributed by atoms with Crippen molar-refractivity contribution in [3.05, 3.63) is 22.7 Å². The molecule has 2 aliphatic heterocycles. The molecule has 0 spiro atoms. The second kappa shape index (κ2) is 3.27. The SMILES string of the molecule is Nc1ccn([C@@H]2O[C@H](CO)[C@H]3OC23)c(=O)n1. The molecule has 1 aromatic heterocycles. The second-order valence-corrected chi connectivity index (χ2v) is 3.86. The summed E-state index contributed by atoms with van der Waals surface area (Å²) in [5.74, 6) is 0.172. The number of nitrogens with two attached hydrogens (primary N) is 1. The van der Waals surface area contributed by atoms with Crippen molar-refractivity contribution >= 4 is 5.82 Å². The molecular formula is C9H11N3O4. The summed E-state index contributed by atoms with van der Waals surface area (Å²) in [6, 6.07) is 1.52. The van der Waals surface area contributed by atoms with Crippen LogP contribution in [0.25, 0.3) is 0 Å². The van der Waals surface area contributed by atoms with Crippen molar-refractivity contribution in [1.82, 2.24) is 9.55 Å². The van der Waals surface area contributed by atoms with Gasteiger partial charge in [-0.1, -0.05) is 0 Å². The predicted molar refractivity (Wildman–Crippen MR) is 52.6 cm³/mol. The number of rotatable bonds is 2. The van der Waals surface area contributed by atoms with Gasteiger partial charge in [-0.2, -0.15) is 4.98 Å². The van der Waals surface area contributed by atoms with Crippen molar-refractivity contribution in [3.63, 3.8) is 0 Å². The maximum atomic E-state index is 11.6. The Morgan fingerprint density at radius 2 is 2.31 bits per heavy atom. The summed E-state index contributed by atoms with van der Waals surface area (Å²) in [5, 5.41) is 9.01. The molecule has 1 aromatic rings. The minimum Gasteiger partial charge on any atom is -0.394 e. The Morgan fingerprint density at radius 3 is 2.94 bits per heavy atom. The molecule has 3 heterocycles. The van der Waals surface area contributed by atoms with Crippen LogP contribution in [0, 0.1) is 0 Å². The molecule has 0 bridgehead atoms.